The van der Waals surface area contributed by atoms with Gasteiger partial charge >= 0.3 is 0 Å². The van der Waals surface area contributed by atoms with Crippen molar-refractivity contribution in [2.75, 3.05) is 13.1 Å². The molecule has 0 atom stereocenters. The largest absolute Gasteiger partial charge is 0.487 e. The van der Waals surface area contributed by atoms with Crippen molar-refractivity contribution >= 4 is 21.4 Å². The van der Waals surface area contributed by atoms with Gasteiger partial charge in [-0.3, -0.25) is 0 Å². The highest BCUT2D eigenvalue weighted by Gasteiger charge is 2.25. The Labute approximate surface area is 168 Å². The van der Waals surface area contributed by atoms with E-state index in [2.05, 4.69) is 4.98 Å². The number of ether oxygens (including phenoxy) is 1. The summed E-state index contributed by atoms with van der Waals surface area (Å²) in [4.78, 5) is 5.78. The first-order valence-electron chi connectivity index (χ1n) is 9.27. The summed E-state index contributed by atoms with van der Waals surface area (Å²) in [7, 11) is -3.42. The second-order valence-corrected chi connectivity index (χ2v) is 9.61. The molecule has 0 bridgehead atoms. The van der Waals surface area contributed by atoms with Crippen LogP contribution < -0.4 is 4.74 Å². The van der Waals surface area contributed by atoms with Gasteiger partial charge in [-0.25, -0.2) is 13.4 Å². The van der Waals surface area contributed by atoms with Gasteiger partial charge in [-0.2, -0.15) is 4.31 Å². The van der Waals surface area contributed by atoms with Crippen LogP contribution in [0.2, 0.25) is 0 Å². The maximum atomic E-state index is 12.7. The van der Waals surface area contributed by atoms with E-state index in [9.17, 15) is 8.42 Å². The van der Waals surface area contributed by atoms with Gasteiger partial charge in [0.25, 0.3) is 0 Å². The average molecular weight is 419 g/mol. The summed E-state index contributed by atoms with van der Waals surface area (Å²) in [6, 6.07) is 10.5. The fourth-order valence-corrected chi connectivity index (χ4v) is 5.35. The maximum Gasteiger partial charge on any atom is 0.243 e. The van der Waals surface area contributed by atoms with Crippen LogP contribution in [0.15, 0.2) is 51.1 Å². The second-order valence-electron chi connectivity index (χ2n) is 6.72. The van der Waals surface area contributed by atoms with Crippen LogP contribution in [-0.4, -0.2) is 30.8 Å². The van der Waals surface area contributed by atoms with Crippen LogP contribution in [-0.2, 0) is 16.6 Å². The molecule has 0 saturated carbocycles. The zero-order valence-electron chi connectivity index (χ0n) is 15.6. The molecule has 1 fully saturated rings. The van der Waals surface area contributed by atoms with Crippen molar-refractivity contribution in [3.8, 4) is 16.5 Å². The minimum absolute atomic E-state index is 0.263. The standard InChI is InChI=1S/C20H22N2O4S2/c1-15-18(21-20(26-15)19-6-5-13-27-19)14-25-16-7-9-17(10-8-16)28(23,24)22-11-3-2-4-12-22/h5-10,13H,2-4,11-12,14H2,1H3. The van der Waals surface area contributed by atoms with Crippen molar-refractivity contribution in [3.05, 3.63) is 53.2 Å². The third-order valence-corrected chi connectivity index (χ3v) is 7.55. The molecule has 28 heavy (non-hydrogen) atoms. The van der Waals surface area contributed by atoms with E-state index in [-0.39, 0.29) is 6.61 Å². The lowest BCUT2D eigenvalue weighted by Gasteiger charge is -2.25. The summed E-state index contributed by atoms with van der Waals surface area (Å²) >= 11 is 1.57. The van der Waals surface area contributed by atoms with Gasteiger partial charge in [0.05, 0.1) is 9.77 Å². The second kappa shape index (κ2) is 8.06. The van der Waals surface area contributed by atoms with Gasteiger partial charge in [0, 0.05) is 13.1 Å². The van der Waals surface area contributed by atoms with Crippen LogP contribution in [0.25, 0.3) is 10.8 Å². The normalized spacial score (nSPS) is 15.6. The molecular formula is C20H22N2O4S2. The third kappa shape index (κ3) is 3.99. The fourth-order valence-electron chi connectivity index (χ4n) is 3.18. The SMILES string of the molecule is Cc1oc(-c2cccs2)nc1COc1ccc(S(=O)(=O)N2CCCCC2)cc1. The van der Waals surface area contributed by atoms with Gasteiger partial charge in [-0.15, -0.1) is 11.3 Å². The van der Waals surface area contributed by atoms with E-state index in [1.807, 2.05) is 24.4 Å². The van der Waals surface area contributed by atoms with Gasteiger partial charge in [0.15, 0.2) is 0 Å². The van der Waals surface area contributed by atoms with E-state index in [4.69, 9.17) is 9.15 Å². The fraction of sp³-hybridized carbons (Fsp3) is 0.350. The van der Waals surface area contributed by atoms with E-state index in [0.717, 1.165) is 29.8 Å². The van der Waals surface area contributed by atoms with E-state index >= 15 is 0 Å². The monoisotopic (exact) mass is 418 g/mol. The molecule has 3 aromatic rings. The van der Waals surface area contributed by atoms with Crippen molar-refractivity contribution in [2.24, 2.45) is 0 Å². The zero-order chi connectivity index (χ0) is 19.6. The van der Waals surface area contributed by atoms with E-state index < -0.39 is 10.0 Å². The lowest BCUT2D eigenvalue weighted by Crippen LogP contribution is -2.35. The summed E-state index contributed by atoms with van der Waals surface area (Å²) in [6.45, 7) is 3.31. The number of hydrogen-bond acceptors (Lipinski definition) is 6. The minimum Gasteiger partial charge on any atom is -0.487 e. The average Bonchev–Trinajstić information content (AvgIpc) is 3.37. The molecule has 1 aliphatic heterocycles. The van der Waals surface area contributed by atoms with Crippen LogP contribution >= 0.6 is 11.3 Å². The summed E-state index contributed by atoms with van der Waals surface area (Å²) in [5.74, 6) is 1.90. The minimum atomic E-state index is -3.42. The number of rotatable bonds is 6. The van der Waals surface area contributed by atoms with Crippen LogP contribution in [0.1, 0.15) is 30.7 Å². The summed E-state index contributed by atoms with van der Waals surface area (Å²) in [6.07, 6.45) is 2.93. The van der Waals surface area contributed by atoms with Crippen molar-refractivity contribution in [1.29, 1.82) is 0 Å². The van der Waals surface area contributed by atoms with E-state index in [1.165, 1.54) is 0 Å². The number of sulfonamides is 1. The van der Waals surface area contributed by atoms with Gasteiger partial charge in [-0.1, -0.05) is 12.5 Å². The molecule has 148 valence electrons. The van der Waals surface area contributed by atoms with Gasteiger partial charge < -0.3 is 9.15 Å². The first-order chi connectivity index (χ1) is 13.5. The Kier molecular flexibility index (Phi) is 5.52. The molecule has 0 unspecified atom stereocenters. The van der Waals surface area contributed by atoms with Gasteiger partial charge in [0.2, 0.25) is 15.9 Å². The molecule has 0 aliphatic carbocycles. The quantitative estimate of drug-likeness (QED) is 0.591. The van der Waals surface area contributed by atoms with Crippen LogP contribution in [0.5, 0.6) is 5.75 Å². The Bertz CT molecular complexity index is 1020. The Morgan fingerprint density at radius 2 is 1.89 bits per heavy atom. The predicted molar refractivity (Wildman–Crippen MR) is 108 cm³/mol. The molecule has 6 nitrogen and oxygen atoms in total. The topological polar surface area (TPSA) is 72.6 Å². The van der Waals surface area contributed by atoms with Crippen LogP contribution in [0.4, 0.5) is 0 Å². The number of benzene rings is 1. The summed E-state index contributed by atoms with van der Waals surface area (Å²) in [5.41, 5.74) is 0.730. The van der Waals surface area contributed by atoms with Crippen molar-refractivity contribution in [2.45, 2.75) is 37.7 Å². The number of aryl methyl sites for hydroxylation is 1. The molecule has 0 N–H and O–H groups in total. The van der Waals surface area contributed by atoms with Crippen LogP contribution in [0, 0.1) is 6.92 Å². The highest BCUT2D eigenvalue weighted by Crippen LogP contribution is 2.27. The van der Waals surface area contributed by atoms with Crippen LogP contribution in [0.3, 0.4) is 0 Å². The lowest BCUT2D eigenvalue weighted by molar-refractivity contribution is 0.299. The molecule has 0 spiro atoms. The molecule has 2 aromatic heterocycles. The molecule has 0 radical (unpaired) electrons. The summed E-state index contributed by atoms with van der Waals surface area (Å²) in [5, 5.41) is 1.98. The van der Waals surface area contributed by atoms with Crippen molar-refractivity contribution < 1.29 is 17.6 Å². The smallest absolute Gasteiger partial charge is 0.243 e. The number of oxazole rings is 1. The Hall–Kier alpha value is -2.16. The Balaban J connectivity index is 1.42. The number of hydrogen-bond donors (Lipinski definition) is 0. The van der Waals surface area contributed by atoms with Gasteiger partial charge in [0.1, 0.15) is 23.8 Å². The summed E-state index contributed by atoms with van der Waals surface area (Å²) < 4.78 is 38.5. The molecule has 1 aliphatic rings. The predicted octanol–water partition coefficient (Wildman–Crippen LogP) is 4.47. The number of piperidine rings is 1. The Morgan fingerprint density at radius 3 is 2.57 bits per heavy atom. The van der Waals surface area contributed by atoms with Gasteiger partial charge in [-0.05, 0) is 55.5 Å². The molecule has 1 aromatic carbocycles. The first-order valence-corrected chi connectivity index (χ1v) is 11.6. The van der Waals surface area contributed by atoms with Crippen molar-refractivity contribution in [3.63, 3.8) is 0 Å². The highest BCUT2D eigenvalue weighted by atomic mass is 32.2. The third-order valence-electron chi connectivity index (χ3n) is 4.78. The molecule has 3 heterocycles. The molecular weight excluding hydrogens is 396 g/mol. The molecule has 8 heteroatoms. The maximum absolute atomic E-state index is 12.7. The lowest BCUT2D eigenvalue weighted by atomic mass is 10.2. The molecule has 1 saturated heterocycles. The first kappa shape index (κ1) is 19.2. The molecule has 4 rings (SSSR count). The Morgan fingerprint density at radius 1 is 1.14 bits per heavy atom. The number of thiophene rings is 1. The van der Waals surface area contributed by atoms with Crippen molar-refractivity contribution in [1.82, 2.24) is 9.29 Å². The highest BCUT2D eigenvalue weighted by molar-refractivity contribution is 7.89. The number of aromatic nitrogens is 1. The zero-order valence-corrected chi connectivity index (χ0v) is 17.3. The van der Waals surface area contributed by atoms with E-state index in [1.54, 1.807) is 39.9 Å². The molecule has 0 amide bonds. The number of nitrogens with zero attached hydrogens (tertiary/aromatic N) is 2. The van der Waals surface area contributed by atoms with E-state index in [0.29, 0.717) is 35.4 Å².